The SMILES string of the molecule is O=C(CN1C(=O)CCC1=O)N1CC(c2nc(Cc3ccccc3)no2)C1. The van der Waals surface area contributed by atoms with E-state index >= 15 is 0 Å². The summed E-state index contributed by atoms with van der Waals surface area (Å²) in [6, 6.07) is 9.87. The summed E-state index contributed by atoms with van der Waals surface area (Å²) in [5, 5.41) is 4.00. The number of hydrogen-bond acceptors (Lipinski definition) is 6. The van der Waals surface area contributed by atoms with Crippen molar-refractivity contribution in [1.82, 2.24) is 19.9 Å². The minimum atomic E-state index is -0.275. The van der Waals surface area contributed by atoms with Crippen LogP contribution in [0.15, 0.2) is 34.9 Å². The average Bonchev–Trinajstić information content (AvgIpc) is 3.16. The number of carbonyl (C=O) groups excluding carboxylic acids is 3. The molecule has 26 heavy (non-hydrogen) atoms. The molecule has 0 aliphatic carbocycles. The van der Waals surface area contributed by atoms with Gasteiger partial charge in [-0.3, -0.25) is 19.3 Å². The molecule has 2 aliphatic rings. The summed E-state index contributed by atoms with van der Waals surface area (Å²) in [5.41, 5.74) is 1.10. The van der Waals surface area contributed by atoms with Gasteiger partial charge in [-0.15, -0.1) is 0 Å². The first kappa shape index (κ1) is 16.4. The Morgan fingerprint density at radius 2 is 1.81 bits per heavy atom. The fourth-order valence-corrected chi connectivity index (χ4v) is 3.16. The Balaban J connectivity index is 1.30. The number of hydrogen-bond donors (Lipinski definition) is 0. The lowest BCUT2D eigenvalue weighted by Gasteiger charge is -2.37. The zero-order valence-corrected chi connectivity index (χ0v) is 14.1. The Labute approximate surface area is 149 Å². The lowest BCUT2D eigenvalue weighted by atomic mass is 10.00. The Bertz CT molecular complexity index is 826. The van der Waals surface area contributed by atoms with Crippen LogP contribution in [-0.2, 0) is 20.8 Å². The van der Waals surface area contributed by atoms with Gasteiger partial charge < -0.3 is 9.42 Å². The molecular formula is C18H18N4O4. The predicted molar refractivity (Wildman–Crippen MR) is 88.8 cm³/mol. The van der Waals surface area contributed by atoms with Crippen LogP contribution >= 0.6 is 0 Å². The second-order valence-electron chi connectivity index (χ2n) is 6.58. The van der Waals surface area contributed by atoms with Gasteiger partial charge in [-0.2, -0.15) is 4.98 Å². The van der Waals surface area contributed by atoms with Gasteiger partial charge in [-0.1, -0.05) is 35.5 Å². The van der Waals surface area contributed by atoms with Crippen LogP contribution in [-0.4, -0.2) is 57.3 Å². The van der Waals surface area contributed by atoms with Crippen LogP contribution < -0.4 is 0 Å². The predicted octanol–water partition coefficient (Wildman–Crippen LogP) is 0.735. The molecule has 0 spiro atoms. The van der Waals surface area contributed by atoms with Gasteiger partial charge in [-0.25, -0.2) is 0 Å². The molecule has 4 rings (SSSR count). The zero-order valence-electron chi connectivity index (χ0n) is 14.1. The van der Waals surface area contributed by atoms with E-state index in [-0.39, 0.29) is 43.0 Å². The molecule has 0 bridgehead atoms. The summed E-state index contributed by atoms with van der Waals surface area (Å²) in [6.45, 7) is 0.748. The van der Waals surface area contributed by atoms with Gasteiger partial charge in [0.2, 0.25) is 23.6 Å². The van der Waals surface area contributed by atoms with Crippen LogP contribution in [0, 0.1) is 0 Å². The maximum atomic E-state index is 12.2. The first-order valence-electron chi connectivity index (χ1n) is 8.57. The molecule has 3 heterocycles. The van der Waals surface area contributed by atoms with Crippen LogP contribution in [0.2, 0.25) is 0 Å². The van der Waals surface area contributed by atoms with Crippen molar-refractivity contribution in [1.29, 1.82) is 0 Å². The van der Waals surface area contributed by atoms with Crippen molar-refractivity contribution in [3.05, 3.63) is 47.6 Å². The van der Waals surface area contributed by atoms with E-state index in [1.165, 1.54) is 0 Å². The van der Waals surface area contributed by atoms with E-state index < -0.39 is 0 Å². The highest BCUT2D eigenvalue weighted by Crippen LogP contribution is 2.26. The monoisotopic (exact) mass is 354 g/mol. The second kappa shape index (κ2) is 6.70. The van der Waals surface area contributed by atoms with E-state index in [0.717, 1.165) is 10.5 Å². The zero-order chi connectivity index (χ0) is 18.1. The summed E-state index contributed by atoms with van der Waals surface area (Å²) < 4.78 is 5.32. The Kier molecular flexibility index (Phi) is 4.24. The number of rotatable bonds is 5. The maximum Gasteiger partial charge on any atom is 0.242 e. The quantitative estimate of drug-likeness (QED) is 0.735. The topological polar surface area (TPSA) is 96.6 Å². The molecule has 2 aliphatic heterocycles. The summed E-state index contributed by atoms with van der Waals surface area (Å²) in [4.78, 5) is 42.4. The van der Waals surface area contributed by atoms with Crippen molar-refractivity contribution in [3.63, 3.8) is 0 Å². The van der Waals surface area contributed by atoms with E-state index in [0.29, 0.717) is 31.2 Å². The van der Waals surface area contributed by atoms with E-state index in [2.05, 4.69) is 10.1 Å². The number of carbonyl (C=O) groups is 3. The minimum absolute atomic E-state index is 0.000884. The number of imide groups is 1. The Morgan fingerprint density at radius 1 is 1.12 bits per heavy atom. The number of nitrogens with zero attached hydrogens (tertiary/aromatic N) is 4. The standard InChI is InChI=1S/C18H18N4O4/c23-15-6-7-16(24)22(15)11-17(25)21-9-13(10-21)18-19-14(20-26-18)8-12-4-2-1-3-5-12/h1-5,13H,6-11H2. The molecule has 0 N–H and O–H groups in total. The van der Waals surface area contributed by atoms with E-state index in [4.69, 9.17) is 4.52 Å². The number of aromatic nitrogens is 2. The maximum absolute atomic E-state index is 12.2. The fourth-order valence-electron chi connectivity index (χ4n) is 3.16. The lowest BCUT2D eigenvalue weighted by molar-refractivity contribution is -0.147. The molecule has 0 radical (unpaired) electrons. The van der Waals surface area contributed by atoms with Crippen LogP contribution in [0.5, 0.6) is 0 Å². The van der Waals surface area contributed by atoms with E-state index in [1.54, 1.807) is 4.90 Å². The summed E-state index contributed by atoms with van der Waals surface area (Å²) in [7, 11) is 0. The molecule has 2 fully saturated rings. The number of likely N-dealkylation sites (tertiary alicyclic amines) is 2. The molecular weight excluding hydrogens is 336 g/mol. The van der Waals surface area contributed by atoms with Crippen molar-refractivity contribution in [2.45, 2.75) is 25.2 Å². The van der Waals surface area contributed by atoms with E-state index in [9.17, 15) is 14.4 Å². The van der Waals surface area contributed by atoms with Crippen molar-refractivity contribution < 1.29 is 18.9 Å². The van der Waals surface area contributed by atoms with Crippen LogP contribution in [0.1, 0.15) is 36.0 Å². The molecule has 2 saturated heterocycles. The van der Waals surface area contributed by atoms with Gasteiger partial charge in [0.05, 0.1) is 5.92 Å². The fraction of sp³-hybridized carbons (Fsp3) is 0.389. The molecule has 3 amide bonds. The second-order valence-corrected chi connectivity index (χ2v) is 6.58. The summed E-state index contributed by atoms with van der Waals surface area (Å²) in [5.74, 6) is 0.359. The normalized spacial score (nSPS) is 17.7. The first-order chi connectivity index (χ1) is 12.6. The van der Waals surface area contributed by atoms with Crippen LogP contribution in [0.3, 0.4) is 0 Å². The van der Waals surface area contributed by atoms with Crippen LogP contribution in [0.4, 0.5) is 0 Å². The first-order valence-corrected chi connectivity index (χ1v) is 8.57. The lowest BCUT2D eigenvalue weighted by Crippen LogP contribution is -2.52. The summed E-state index contributed by atoms with van der Waals surface area (Å²) >= 11 is 0. The summed E-state index contributed by atoms with van der Waals surface area (Å²) in [6.07, 6.45) is 0.987. The molecule has 8 nitrogen and oxygen atoms in total. The molecule has 134 valence electrons. The van der Waals surface area contributed by atoms with E-state index in [1.807, 2.05) is 30.3 Å². The molecule has 1 aromatic heterocycles. The smallest absolute Gasteiger partial charge is 0.242 e. The van der Waals surface area contributed by atoms with Gasteiger partial charge >= 0.3 is 0 Å². The largest absolute Gasteiger partial charge is 0.339 e. The molecule has 0 saturated carbocycles. The van der Waals surface area contributed by atoms with Crippen LogP contribution in [0.25, 0.3) is 0 Å². The minimum Gasteiger partial charge on any atom is -0.339 e. The van der Waals surface area contributed by atoms with Gasteiger partial charge in [0.1, 0.15) is 6.54 Å². The highest BCUT2D eigenvalue weighted by Gasteiger charge is 2.38. The van der Waals surface area contributed by atoms with Crippen molar-refractivity contribution in [2.24, 2.45) is 0 Å². The molecule has 0 atom stereocenters. The number of benzene rings is 1. The van der Waals surface area contributed by atoms with Gasteiger partial charge in [0.25, 0.3) is 0 Å². The molecule has 2 aromatic rings. The van der Waals surface area contributed by atoms with Crippen molar-refractivity contribution >= 4 is 17.7 Å². The van der Waals surface area contributed by atoms with Crippen molar-refractivity contribution in [3.8, 4) is 0 Å². The number of amides is 3. The Hall–Kier alpha value is -3.03. The van der Waals surface area contributed by atoms with Gasteiger partial charge in [0.15, 0.2) is 5.82 Å². The third-order valence-corrected chi connectivity index (χ3v) is 4.72. The molecule has 1 aromatic carbocycles. The van der Waals surface area contributed by atoms with Gasteiger partial charge in [0, 0.05) is 32.4 Å². The third-order valence-electron chi connectivity index (χ3n) is 4.72. The molecule has 0 unspecified atom stereocenters. The third kappa shape index (κ3) is 3.22. The average molecular weight is 354 g/mol. The highest BCUT2D eigenvalue weighted by molar-refractivity contribution is 6.04. The highest BCUT2D eigenvalue weighted by atomic mass is 16.5. The molecule has 8 heteroatoms. The van der Waals surface area contributed by atoms with Gasteiger partial charge in [-0.05, 0) is 5.56 Å². The van der Waals surface area contributed by atoms with Crippen molar-refractivity contribution in [2.75, 3.05) is 19.6 Å². The Morgan fingerprint density at radius 3 is 2.50 bits per heavy atom.